The van der Waals surface area contributed by atoms with Crippen LogP contribution in [0.4, 0.5) is 0 Å². The molecule has 6 heteroatoms. The van der Waals surface area contributed by atoms with Crippen LogP contribution in [-0.2, 0) is 6.54 Å². The fourth-order valence-corrected chi connectivity index (χ4v) is 3.76. The molecule has 0 aliphatic carbocycles. The van der Waals surface area contributed by atoms with Gasteiger partial charge in [0, 0.05) is 19.6 Å². The minimum atomic E-state index is -0.0493. The Labute approximate surface area is 120 Å². The standard InChI is InChI=1S/C14H17N3O2S/c1-3-16-8-15-12-10(13(16)18)9(2)11(20-12)14(19)17-6-4-5-7-17/h8H,3-7H2,1-2H3. The number of hydrogen-bond donors (Lipinski definition) is 0. The summed E-state index contributed by atoms with van der Waals surface area (Å²) in [6.07, 6.45) is 3.69. The molecule has 0 atom stereocenters. The Hall–Kier alpha value is -1.69. The number of likely N-dealkylation sites (tertiary alicyclic amines) is 1. The van der Waals surface area contributed by atoms with E-state index in [0.29, 0.717) is 21.6 Å². The third kappa shape index (κ3) is 1.95. The van der Waals surface area contributed by atoms with Gasteiger partial charge in [-0.2, -0.15) is 0 Å². The van der Waals surface area contributed by atoms with Crippen LogP contribution < -0.4 is 5.56 Å². The van der Waals surface area contributed by atoms with Crippen LogP contribution in [0.1, 0.15) is 35.0 Å². The van der Waals surface area contributed by atoms with Crippen LogP contribution >= 0.6 is 11.3 Å². The van der Waals surface area contributed by atoms with Crippen molar-refractivity contribution >= 4 is 27.5 Å². The Kier molecular flexibility index (Phi) is 3.33. The first-order chi connectivity index (χ1) is 9.63. The summed E-state index contributed by atoms with van der Waals surface area (Å²) < 4.78 is 1.58. The fourth-order valence-electron chi connectivity index (χ4n) is 2.65. The summed E-state index contributed by atoms with van der Waals surface area (Å²) in [6.45, 7) is 5.99. The van der Waals surface area contributed by atoms with Crippen LogP contribution in [0.5, 0.6) is 0 Å². The number of carbonyl (C=O) groups is 1. The van der Waals surface area contributed by atoms with Gasteiger partial charge in [-0.15, -0.1) is 11.3 Å². The lowest BCUT2D eigenvalue weighted by Gasteiger charge is -2.14. The second-order valence-electron chi connectivity index (χ2n) is 5.07. The predicted octanol–water partition coefficient (Wildman–Crippen LogP) is 2.02. The van der Waals surface area contributed by atoms with Crippen molar-refractivity contribution in [2.45, 2.75) is 33.2 Å². The Morgan fingerprint density at radius 1 is 1.40 bits per heavy atom. The number of aromatic nitrogens is 2. The van der Waals surface area contributed by atoms with Gasteiger partial charge in [0.05, 0.1) is 16.6 Å². The molecule has 0 spiro atoms. The number of rotatable bonds is 2. The van der Waals surface area contributed by atoms with Gasteiger partial charge < -0.3 is 4.90 Å². The van der Waals surface area contributed by atoms with Gasteiger partial charge in [-0.1, -0.05) is 0 Å². The maximum atomic E-state index is 12.5. The summed E-state index contributed by atoms with van der Waals surface area (Å²) in [4.78, 5) is 32.4. The number of aryl methyl sites for hydroxylation is 2. The number of carbonyl (C=O) groups excluding carboxylic acids is 1. The summed E-state index contributed by atoms with van der Waals surface area (Å²) >= 11 is 1.34. The van der Waals surface area contributed by atoms with E-state index < -0.39 is 0 Å². The second-order valence-corrected chi connectivity index (χ2v) is 6.07. The lowest BCUT2D eigenvalue weighted by atomic mass is 10.2. The third-order valence-corrected chi connectivity index (χ3v) is 5.03. The lowest BCUT2D eigenvalue weighted by Crippen LogP contribution is -2.27. The van der Waals surface area contributed by atoms with Crippen LogP contribution in [-0.4, -0.2) is 33.4 Å². The van der Waals surface area contributed by atoms with Gasteiger partial charge in [-0.3, -0.25) is 14.2 Å². The molecule has 106 valence electrons. The highest BCUT2D eigenvalue weighted by atomic mass is 32.1. The van der Waals surface area contributed by atoms with E-state index in [1.165, 1.54) is 11.3 Å². The van der Waals surface area contributed by atoms with Crippen molar-refractivity contribution in [1.29, 1.82) is 0 Å². The van der Waals surface area contributed by atoms with Gasteiger partial charge in [0.2, 0.25) is 0 Å². The zero-order chi connectivity index (χ0) is 14.3. The Balaban J connectivity index is 2.13. The largest absolute Gasteiger partial charge is 0.338 e. The molecule has 2 aromatic rings. The zero-order valence-corrected chi connectivity index (χ0v) is 12.5. The van der Waals surface area contributed by atoms with E-state index in [1.54, 1.807) is 10.9 Å². The molecule has 5 nitrogen and oxygen atoms in total. The lowest BCUT2D eigenvalue weighted by molar-refractivity contribution is 0.0797. The number of hydrogen-bond acceptors (Lipinski definition) is 4. The van der Waals surface area contributed by atoms with Gasteiger partial charge in [0.15, 0.2) is 0 Å². The summed E-state index contributed by atoms with van der Waals surface area (Å²) in [5, 5.41) is 0.599. The van der Waals surface area contributed by atoms with Gasteiger partial charge in [-0.25, -0.2) is 4.98 Å². The van der Waals surface area contributed by atoms with Crippen molar-refractivity contribution in [3.8, 4) is 0 Å². The van der Waals surface area contributed by atoms with Crippen LogP contribution in [0.15, 0.2) is 11.1 Å². The Morgan fingerprint density at radius 3 is 2.75 bits per heavy atom. The number of fused-ring (bicyclic) bond motifs is 1. The molecule has 1 aliphatic rings. The first-order valence-corrected chi connectivity index (χ1v) is 7.73. The monoisotopic (exact) mass is 291 g/mol. The number of amides is 1. The van der Waals surface area contributed by atoms with Crippen molar-refractivity contribution in [3.05, 3.63) is 27.1 Å². The fraction of sp³-hybridized carbons (Fsp3) is 0.500. The van der Waals surface area contributed by atoms with Crippen LogP contribution in [0.3, 0.4) is 0 Å². The smallest absolute Gasteiger partial charge is 0.264 e. The molecule has 0 aromatic carbocycles. The highest BCUT2D eigenvalue weighted by Gasteiger charge is 2.25. The maximum Gasteiger partial charge on any atom is 0.264 e. The molecular weight excluding hydrogens is 274 g/mol. The maximum absolute atomic E-state index is 12.5. The van der Waals surface area contributed by atoms with E-state index >= 15 is 0 Å². The van der Waals surface area contributed by atoms with Crippen LogP contribution in [0, 0.1) is 6.92 Å². The minimum Gasteiger partial charge on any atom is -0.338 e. The van der Waals surface area contributed by atoms with E-state index in [9.17, 15) is 9.59 Å². The van der Waals surface area contributed by atoms with Gasteiger partial charge in [0.25, 0.3) is 11.5 Å². The topological polar surface area (TPSA) is 55.2 Å². The molecule has 0 bridgehead atoms. The second kappa shape index (κ2) is 5.01. The average molecular weight is 291 g/mol. The first kappa shape index (κ1) is 13.3. The minimum absolute atomic E-state index is 0.0467. The molecule has 1 amide bonds. The molecule has 1 fully saturated rings. The average Bonchev–Trinajstić information content (AvgIpc) is 3.07. The summed E-state index contributed by atoms with van der Waals surface area (Å²) in [7, 11) is 0. The van der Waals surface area contributed by atoms with Crippen LogP contribution in [0.2, 0.25) is 0 Å². The highest BCUT2D eigenvalue weighted by Crippen LogP contribution is 2.28. The molecule has 0 saturated carbocycles. The normalized spacial score (nSPS) is 15.2. The van der Waals surface area contributed by atoms with Crippen LogP contribution in [0.25, 0.3) is 10.2 Å². The SMILES string of the molecule is CCn1cnc2sc(C(=O)N3CCCC3)c(C)c2c1=O. The summed E-state index contributed by atoms with van der Waals surface area (Å²) in [5.41, 5.74) is 0.730. The van der Waals surface area contributed by atoms with Gasteiger partial charge in [0.1, 0.15) is 4.83 Å². The molecule has 0 N–H and O–H groups in total. The molecule has 1 aliphatic heterocycles. The van der Waals surface area contributed by atoms with Crippen molar-refractivity contribution in [2.75, 3.05) is 13.1 Å². The molecule has 0 radical (unpaired) electrons. The quantitative estimate of drug-likeness (QED) is 0.850. The van der Waals surface area contributed by atoms with Crippen molar-refractivity contribution in [3.63, 3.8) is 0 Å². The molecule has 3 heterocycles. The van der Waals surface area contributed by atoms with E-state index in [2.05, 4.69) is 4.98 Å². The number of thiophene rings is 1. The molecule has 0 unspecified atom stereocenters. The van der Waals surface area contributed by atoms with E-state index in [4.69, 9.17) is 0 Å². The van der Waals surface area contributed by atoms with E-state index in [0.717, 1.165) is 31.5 Å². The predicted molar refractivity (Wildman–Crippen MR) is 79.4 cm³/mol. The number of nitrogens with zero attached hydrogens (tertiary/aromatic N) is 3. The molecule has 20 heavy (non-hydrogen) atoms. The summed E-state index contributed by atoms with van der Waals surface area (Å²) in [6, 6.07) is 0. The van der Waals surface area contributed by atoms with Gasteiger partial charge in [-0.05, 0) is 32.3 Å². The molecular formula is C14H17N3O2S. The van der Waals surface area contributed by atoms with Crippen molar-refractivity contribution in [2.24, 2.45) is 0 Å². The molecule has 2 aromatic heterocycles. The van der Waals surface area contributed by atoms with E-state index in [-0.39, 0.29) is 11.5 Å². The molecule has 1 saturated heterocycles. The Morgan fingerprint density at radius 2 is 2.10 bits per heavy atom. The first-order valence-electron chi connectivity index (χ1n) is 6.91. The van der Waals surface area contributed by atoms with E-state index in [1.807, 2.05) is 18.7 Å². The zero-order valence-electron chi connectivity index (χ0n) is 11.7. The highest BCUT2D eigenvalue weighted by molar-refractivity contribution is 7.20. The van der Waals surface area contributed by atoms with Crippen molar-refractivity contribution < 1.29 is 4.79 Å². The third-order valence-electron chi connectivity index (χ3n) is 3.85. The van der Waals surface area contributed by atoms with Crippen molar-refractivity contribution in [1.82, 2.24) is 14.5 Å². The molecule has 3 rings (SSSR count). The van der Waals surface area contributed by atoms with Gasteiger partial charge >= 0.3 is 0 Å². The summed E-state index contributed by atoms with van der Waals surface area (Å²) in [5.74, 6) is 0.0467. The Bertz CT molecular complexity index is 726.